The van der Waals surface area contributed by atoms with Gasteiger partial charge in [0.05, 0.1) is 4.90 Å². The number of amides is 1. The van der Waals surface area contributed by atoms with Crippen LogP contribution in [0.3, 0.4) is 0 Å². The number of piperazine rings is 1. The number of halogens is 1. The van der Waals surface area contributed by atoms with Crippen LogP contribution in [-0.4, -0.2) is 58.1 Å². The number of ether oxygens (including phenoxy) is 1. The van der Waals surface area contributed by atoms with Crippen molar-refractivity contribution in [1.82, 2.24) is 9.62 Å². The van der Waals surface area contributed by atoms with Crippen LogP contribution in [0.4, 0.5) is 5.69 Å². The van der Waals surface area contributed by atoms with Crippen molar-refractivity contribution in [3.05, 3.63) is 53.6 Å². The Bertz CT molecular complexity index is 990. The maximum atomic E-state index is 12.5. The van der Waals surface area contributed by atoms with Crippen LogP contribution in [0.15, 0.2) is 53.4 Å². The van der Waals surface area contributed by atoms with Crippen LogP contribution in [0.25, 0.3) is 0 Å². The van der Waals surface area contributed by atoms with Crippen LogP contribution in [-0.2, 0) is 14.8 Å². The van der Waals surface area contributed by atoms with Crippen LogP contribution in [0, 0.1) is 0 Å². The number of sulfonamides is 1. The van der Waals surface area contributed by atoms with Gasteiger partial charge in [-0.25, -0.2) is 13.1 Å². The lowest BCUT2D eigenvalue weighted by Gasteiger charge is -2.36. The maximum Gasteiger partial charge on any atom is 0.260 e. The molecular weight excluding hydrogens is 438 g/mol. The van der Waals surface area contributed by atoms with Gasteiger partial charge in [-0.05, 0) is 55.8 Å². The number of nitrogens with one attached hydrogen (secondary N) is 1. The van der Waals surface area contributed by atoms with Gasteiger partial charge >= 0.3 is 0 Å². The molecule has 1 aliphatic rings. The molecule has 1 fully saturated rings. The summed E-state index contributed by atoms with van der Waals surface area (Å²) in [6.07, 6.45) is 0.704. The Kier molecular flexibility index (Phi) is 7.80. The van der Waals surface area contributed by atoms with E-state index in [9.17, 15) is 13.2 Å². The Hall–Kier alpha value is -2.29. The van der Waals surface area contributed by atoms with Gasteiger partial charge in [-0.15, -0.1) is 0 Å². The van der Waals surface area contributed by atoms with Crippen LogP contribution in [0.1, 0.15) is 20.3 Å². The lowest BCUT2D eigenvalue weighted by molar-refractivity contribution is -0.133. The molecule has 0 radical (unpaired) electrons. The van der Waals surface area contributed by atoms with Crippen molar-refractivity contribution < 1.29 is 17.9 Å². The summed E-state index contributed by atoms with van der Waals surface area (Å²) >= 11 is 6.06. The summed E-state index contributed by atoms with van der Waals surface area (Å²) < 4.78 is 32.8. The van der Waals surface area contributed by atoms with Gasteiger partial charge in [-0.3, -0.25) is 4.79 Å². The number of nitrogens with zero attached hydrogens (tertiary/aromatic N) is 2. The minimum absolute atomic E-state index is 0.0889. The molecule has 1 N–H and O–H groups in total. The molecule has 31 heavy (non-hydrogen) atoms. The molecule has 1 amide bonds. The predicted molar refractivity (Wildman–Crippen MR) is 122 cm³/mol. The van der Waals surface area contributed by atoms with E-state index in [1.165, 1.54) is 12.1 Å². The quantitative estimate of drug-likeness (QED) is 0.648. The molecule has 168 valence electrons. The third kappa shape index (κ3) is 6.35. The molecule has 7 nitrogen and oxygen atoms in total. The summed E-state index contributed by atoms with van der Waals surface area (Å²) in [5, 5.41) is 0.693. The molecule has 1 atom stereocenters. The molecule has 2 aromatic carbocycles. The van der Waals surface area contributed by atoms with Crippen molar-refractivity contribution in [2.45, 2.75) is 31.2 Å². The lowest BCUT2D eigenvalue weighted by Crippen LogP contribution is -2.50. The first-order valence-corrected chi connectivity index (χ1v) is 12.2. The maximum absolute atomic E-state index is 12.5. The number of hydrogen-bond acceptors (Lipinski definition) is 5. The van der Waals surface area contributed by atoms with E-state index < -0.39 is 10.0 Å². The largest absolute Gasteiger partial charge is 0.484 e. The number of benzene rings is 2. The van der Waals surface area contributed by atoms with Crippen molar-refractivity contribution in [2.24, 2.45) is 0 Å². The monoisotopic (exact) mass is 465 g/mol. The second-order valence-electron chi connectivity index (χ2n) is 7.54. The molecule has 0 spiro atoms. The molecule has 1 heterocycles. The van der Waals surface area contributed by atoms with Crippen LogP contribution in [0.2, 0.25) is 5.02 Å². The zero-order valence-corrected chi connectivity index (χ0v) is 19.3. The van der Waals surface area contributed by atoms with Crippen molar-refractivity contribution in [1.29, 1.82) is 0 Å². The van der Waals surface area contributed by atoms with Crippen LogP contribution in [0.5, 0.6) is 5.75 Å². The summed E-state index contributed by atoms with van der Waals surface area (Å²) in [7, 11) is -3.56. The highest BCUT2D eigenvalue weighted by Gasteiger charge is 2.22. The topological polar surface area (TPSA) is 78.9 Å². The number of hydrogen-bond donors (Lipinski definition) is 1. The predicted octanol–water partition coefficient (Wildman–Crippen LogP) is 3.14. The normalized spacial score (nSPS) is 15.6. The minimum atomic E-state index is -3.56. The Morgan fingerprint density at radius 2 is 1.81 bits per heavy atom. The number of anilines is 1. The molecular formula is C22H28ClN3O4S. The SMILES string of the molecule is CC[C@@H](C)NS(=O)(=O)c1ccc(OCC(=O)N2CCN(c3cccc(Cl)c3)CC2)cc1. The van der Waals surface area contributed by atoms with Gasteiger partial charge < -0.3 is 14.5 Å². The van der Waals surface area contributed by atoms with E-state index in [0.717, 1.165) is 18.8 Å². The van der Waals surface area contributed by atoms with E-state index >= 15 is 0 Å². The fourth-order valence-electron chi connectivity index (χ4n) is 3.25. The highest BCUT2D eigenvalue weighted by molar-refractivity contribution is 7.89. The fraction of sp³-hybridized carbons (Fsp3) is 0.409. The average molecular weight is 466 g/mol. The Labute approximate surface area is 189 Å². The Morgan fingerprint density at radius 1 is 1.13 bits per heavy atom. The van der Waals surface area contributed by atoms with E-state index in [0.29, 0.717) is 30.3 Å². The Balaban J connectivity index is 1.49. The van der Waals surface area contributed by atoms with Gasteiger partial charge in [0.2, 0.25) is 10.0 Å². The molecule has 0 bridgehead atoms. The third-order valence-corrected chi connectivity index (χ3v) is 7.11. The number of carbonyl (C=O) groups excluding carboxylic acids is 1. The third-order valence-electron chi connectivity index (χ3n) is 5.27. The van der Waals surface area contributed by atoms with Crippen molar-refractivity contribution in [2.75, 3.05) is 37.7 Å². The molecule has 2 aromatic rings. The van der Waals surface area contributed by atoms with Crippen LogP contribution < -0.4 is 14.4 Å². The van der Waals surface area contributed by atoms with Crippen molar-refractivity contribution in [3.8, 4) is 5.75 Å². The summed E-state index contributed by atoms with van der Waals surface area (Å²) in [4.78, 5) is 16.6. The summed E-state index contributed by atoms with van der Waals surface area (Å²) in [6, 6.07) is 13.6. The molecule has 1 aliphatic heterocycles. The van der Waals surface area contributed by atoms with Gasteiger partial charge in [-0.1, -0.05) is 24.6 Å². The first kappa shape index (κ1) is 23.4. The van der Waals surface area contributed by atoms with E-state index in [1.54, 1.807) is 17.0 Å². The van der Waals surface area contributed by atoms with Gasteiger partial charge in [0, 0.05) is 42.9 Å². The summed E-state index contributed by atoms with van der Waals surface area (Å²) in [5.41, 5.74) is 1.05. The highest BCUT2D eigenvalue weighted by atomic mass is 35.5. The molecule has 0 aromatic heterocycles. The fourth-order valence-corrected chi connectivity index (χ4v) is 4.77. The van der Waals surface area contributed by atoms with Crippen molar-refractivity contribution in [3.63, 3.8) is 0 Å². The number of carbonyl (C=O) groups is 1. The smallest absolute Gasteiger partial charge is 0.260 e. The van der Waals surface area contributed by atoms with Crippen LogP contribution >= 0.6 is 11.6 Å². The molecule has 0 saturated carbocycles. The van der Waals surface area contributed by atoms with Gasteiger partial charge in [0.25, 0.3) is 5.91 Å². The molecule has 0 unspecified atom stereocenters. The second-order valence-corrected chi connectivity index (χ2v) is 9.69. The molecule has 9 heteroatoms. The summed E-state index contributed by atoms with van der Waals surface area (Å²) in [6.45, 7) is 6.30. The minimum Gasteiger partial charge on any atom is -0.484 e. The van der Waals surface area contributed by atoms with E-state index in [-0.39, 0.29) is 23.5 Å². The zero-order valence-electron chi connectivity index (χ0n) is 17.8. The van der Waals surface area contributed by atoms with Gasteiger partial charge in [0.1, 0.15) is 5.75 Å². The van der Waals surface area contributed by atoms with E-state index in [2.05, 4.69) is 9.62 Å². The van der Waals surface area contributed by atoms with E-state index in [4.69, 9.17) is 16.3 Å². The van der Waals surface area contributed by atoms with Gasteiger partial charge in [0.15, 0.2) is 6.61 Å². The zero-order chi connectivity index (χ0) is 22.4. The molecule has 3 rings (SSSR count). The standard InChI is InChI=1S/C22H28ClN3O4S/c1-3-17(2)24-31(28,29)21-9-7-20(8-10-21)30-16-22(27)26-13-11-25(12-14-26)19-6-4-5-18(23)15-19/h4-10,15,17,24H,3,11-14,16H2,1-2H3/t17-/m1/s1. The first-order chi connectivity index (χ1) is 14.8. The average Bonchev–Trinajstić information content (AvgIpc) is 2.77. The van der Waals surface area contributed by atoms with Crippen molar-refractivity contribution >= 4 is 33.2 Å². The van der Waals surface area contributed by atoms with E-state index in [1.807, 2.05) is 38.1 Å². The summed E-state index contributed by atoms with van der Waals surface area (Å²) in [5.74, 6) is 0.356. The molecule has 0 aliphatic carbocycles. The second kappa shape index (κ2) is 10.3. The molecule has 1 saturated heterocycles. The Morgan fingerprint density at radius 3 is 2.42 bits per heavy atom. The van der Waals surface area contributed by atoms with Gasteiger partial charge in [-0.2, -0.15) is 0 Å². The highest BCUT2D eigenvalue weighted by Crippen LogP contribution is 2.21. The lowest BCUT2D eigenvalue weighted by atomic mass is 10.2. The number of rotatable bonds is 8. The first-order valence-electron chi connectivity index (χ1n) is 10.3.